The van der Waals surface area contributed by atoms with Crippen LogP contribution in [0.3, 0.4) is 0 Å². The summed E-state index contributed by atoms with van der Waals surface area (Å²) in [7, 11) is -1.17. The molecule has 1 fully saturated rings. The molecular weight excluding hydrogens is 572 g/mol. The number of nitrogens with one attached hydrogen (secondary N) is 1. The number of hydrogen-bond acceptors (Lipinski definition) is 4. The Balaban J connectivity index is 1.73. The Labute approximate surface area is 254 Å². The molecular formula is C32H39ClN4O4S. The van der Waals surface area contributed by atoms with E-state index in [1.807, 2.05) is 42.5 Å². The third-order valence-electron chi connectivity index (χ3n) is 7.55. The standard InChI is InChI=1S/C32H39ClN4O4S/c1-35(2)42(40,41)37(29-16-10-5-11-17-29)24-31(38)36(23-26-18-20-27(33)21-19-26)30(22-25-12-6-3-7-13-25)32(39)34-28-14-8-4-9-15-28/h3,5-7,10-13,16-21,28,30H,4,8-9,14-15,22-24H2,1-2H3,(H,34,39)/t30-/m1/s1. The van der Waals surface area contributed by atoms with Gasteiger partial charge in [0.25, 0.3) is 0 Å². The number of benzene rings is 3. The van der Waals surface area contributed by atoms with Crippen molar-refractivity contribution in [2.75, 3.05) is 24.9 Å². The molecule has 2 amide bonds. The smallest absolute Gasteiger partial charge is 0.304 e. The lowest BCUT2D eigenvalue weighted by Crippen LogP contribution is -2.55. The Bertz CT molecular complexity index is 1410. The van der Waals surface area contributed by atoms with Crippen LogP contribution < -0.4 is 9.62 Å². The van der Waals surface area contributed by atoms with E-state index in [1.165, 1.54) is 19.0 Å². The molecule has 1 atom stereocenters. The number of nitrogens with zero attached hydrogens (tertiary/aromatic N) is 3. The van der Waals surface area contributed by atoms with Crippen molar-refractivity contribution in [2.45, 2.75) is 57.2 Å². The summed E-state index contributed by atoms with van der Waals surface area (Å²) in [5.74, 6) is -0.728. The van der Waals surface area contributed by atoms with Gasteiger partial charge in [0.15, 0.2) is 0 Å². The average Bonchev–Trinajstić information content (AvgIpc) is 2.99. The Morgan fingerprint density at radius 1 is 0.857 bits per heavy atom. The maximum absolute atomic E-state index is 14.3. The number of halogens is 1. The molecule has 1 aliphatic carbocycles. The van der Waals surface area contributed by atoms with Gasteiger partial charge in [-0.2, -0.15) is 12.7 Å². The molecule has 8 nitrogen and oxygen atoms in total. The van der Waals surface area contributed by atoms with E-state index in [1.54, 1.807) is 42.5 Å². The van der Waals surface area contributed by atoms with Crippen LogP contribution in [0.5, 0.6) is 0 Å². The first kappa shape index (κ1) is 31.5. The highest BCUT2D eigenvalue weighted by molar-refractivity contribution is 7.90. The van der Waals surface area contributed by atoms with Crippen LogP contribution in [0.15, 0.2) is 84.9 Å². The molecule has 42 heavy (non-hydrogen) atoms. The van der Waals surface area contributed by atoms with Gasteiger partial charge in [0.2, 0.25) is 11.8 Å². The molecule has 0 bridgehead atoms. The molecule has 3 aromatic rings. The minimum absolute atomic E-state index is 0.0481. The zero-order valence-electron chi connectivity index (χ0n) is 24.2. The normalized spacial score (nSPS) is 14.8. The number of anilines is 1. The highest BCUT2D eigenvalue weighted by Crippen LogP contribution is 2.23. The largest absolute Gasteiger partial charge is 0.352 e. The van der Waals surface area contributed by atoms with Crippen LogP contribution in [-0.4, -0.2) is 62.2 Å². The number of rotatable bonds is 12. The maximum atomic E-state index is 14.3. The van der Waals surface area contributed by atoms with E-state index < -0.39 is 28.7 Å². The second-order valence-electron chi connectivity index (χ2n) is 10.8. The van der Waals surface area contributed by atoms with Crippen molar-refractivity contribution in [3.05, 3.63) is 101 Å². The molecule has 10 heteroatoms. The molecule has 0 unspecified atom stereocenters. The van der Waals surface area contributed by atoms with Crippen LogP contribution in [0, 0.1) is 0 Å². The molecule has 4 rings (SSSR count). The van der Waals surface area contributed by atoms with E-state index in [0.717, 1.165) is 51.8 Å². The minimum Gasteiger partial charge on any atom is -0.352 e. The quantitative estimate of drug-likeness (QED) is 0.311. The van der Waals surface area contributed by atoms with Crippen molar-refractivity contribution in [2.24, 2.45) is 0 Å². The Morgan fingerprint density at radius 2 is 1.45 bits per heavy atom. The molecule has 3 aromatic carbocycles. The molecule has 0 saturated heterocycles. The van der Waals surface area contributed by atoms with Crippen LogP contribution in [-0.2, 0) is 32.8 Å². The molecule has 1 saturated carbocycles. The van der Waals surface area contributed by atoms with Gasteiger partial charge >= 0.3 is 10.2 Å². The Hall–Kier alpha value is -3.40. The summed E-state index contributed by atoms with van der Waals surface area (Å²) in [4.78, 5) is 29.8. The van der Waals surface area contributed by atoms with Crippen molar-refractivity contribution in [3.8, 4) is 0 Å². The predicted octanol–water partition coefficient (Wildman–Crippen LogP) is 5.04. The lowest BCUT2D eigenvalue weighted by molar-refractivity contribution is -0.140. The fourth-order valence-corrected chi connectivity index (χ4v) is 6.38. The molecule has 0 heterocycles. The predicted molar refractivity (Wildman–Crippen MR) is 167 cm³/mol. The average molecular weight is 611 g/mol. The molecule has 1 N–H and O–H groups in total. The van der Waals surface area contributed by atoms with Gasteiger partial charge in [0.05, 0.1) is 5.69 Å². The van der Waals surface area contributed by atoms with Gasteiger partial charge in [-0.15, -0.1) is 0 Å². The zero-order chi connectivity index (χ0) is 30.1. The van der Waals surface area contributed by atoms with E-state index in [2.05, 4.69) is 5.32 Å². The summed E-state index contributed by atoms with van der Waals surface area (Å²) in [5, 5.41) is 3.76. The van der Waals surface area contributed by atoms with Crippen LogP contribution in [0.25, 0.3) is 0 Å². The molecule has 0 aliphatic heterocycles. The van der Waals surface area contributed by atoms with Crippen LogP contribution in [0.1, 0.15) is 43.2 Å². The number of hydrogen-bond donors (Lipinski definition) is 1. The van der Waals surface area contributed by atoms with E-state index >= 15 is 0 Å². The summed E-state index contributed by atoms with van der Waals surface area (Å²) in [6, 6.07) is 24.4. The number of carbonyl (C=O) groups excluding carboxylic acids is 2. The van der Waals surface area contributed by atoms with Crippen molar-refractivity contribution in [1.29, 1.82) is 0 Å². The summed E-state index contributed by atoms with van der Waals surface area (Å²) in [5.41, 5.74) is 2.03. The second-order valence-corrected chi connectivity index (χ2v) is 13.3. The van der Waals surface area contributed by atoms with Crippen molar-refractivity contribution < 1.29 is 18.0 Å². The van der Waals surface area contributed by atoms with Gasteiger partial charge in [-0.3, -0.25) is 9.59 Å². The van der Waals surface area contributed by atoms with Gasteiger partial charge in [-0.1, -0.05) is 91.5 Å². The first-order valence-electron chi connectivity index (χ1n) is 14.3. The molecule has 0 aromatic heterocycles. The summed E-state index contributed by atoms with van der Waals surface area (Å²) in [6.07, 6.45) is 5.34. The second kappa shape index (κ2) is 14.7. The van der Waals surface area contributed by atoms with Crippen LogP contribution in [0.2, 0.25) is 5.02 Å². The maximum Gasteiger partial charge on any atom is 0.304 e. The highest BCUT2D eigenvalue weighted by Gasteiger charge is 2.35. The minimum atomic E-state index is -4.03. The number of amides is 2. The third-order valence-corrected chi connectivity index (χ3v) is 9.62. The first-order valence-corrected chi connectivity index (χ1v) is 16.1. The van der Waals surface area contributed by atoms with Gasteiger partial charge in [-0.05, 0) is 48.2 Å². The van der Waals surface area contributed by atoms with E-state index in [0.29, 0.717) is 10.7 Å². The van der Waals surface area contributed by atoms with Gasteiger partial charge in [0, 0.05) is 38.1 Å². The van der Waals surface area contributed by atoms with Crippen LogP contribution >= 0.6 is 11.6 Å². The van der Waals surface area contributed by atoms with E-state index in [9.17, 15) is 18.0 Å². The fraction of sp³-hybridized carbons (Fsp3) is 0.375. The lowest BCUT2D eigenvalue weighted by atomic mass is 9.94. The summed E-state index contributed by atoms with van der Waals surface area (Å²) >= 11 is 6.13. The molecule has 0 radical (unpaired) electrons. The highest BCUT2D eigenvalue weighted by atomic mass is 35.5. The van der Waals surface area contributed by atoms with Crippen molar-refractivity contribution >= 4 is 39.3 Å². The van der Waals surface area contributed by atoms with E-state index in [-0.39, 0.29) is 24.9 Å². The number of carbonyl (C=O) groups is 2. The monoisotopic (exact) mass is 610 g/mol. The van der Waals surface area contributed by atoms with Gasteiger partial charge in [0.1, 0.15) is 12.6 Å². The third kappa shape index (κ3) is 8.33. The zero-order valence-corrected chi connectivity index (χ0v) is 25.7. The van der Waals surface area contributed by atoms with Crippen LogP contribution in [0.4, 0.5) is 5.69 Å². The summed E-state index contributed by atoms with van der Waals surface area (Å²) in [6.45, 7) is -0.365. The Kier molecular flexibility index (Phi) is 11.0. The fourth-order valence-electron chi connectivity index (χ4n) is 5.20. The van der Waals surface area contributed by atoms with Gasteiger partial charge in [-0.25, -0.2) is 4.31 Å². The molecule has 224 valence electrons. The first-order chi connectivity index (χ1) is 20.1. The lowest BCUT2D eigenvalue weighted by Gasteiger charge is -2.35. The molecule has 0 spiro atoms. The topological polar surface area (TPSA) is 90.0 Å². The van der Waals surface area contributed by atoms with Crippen molar-refractivity contribution in [3.63, 3.8) is 0 Å². The number of para-hydroxylation sites is 1. The summed E-state index contributed by atoms with van der Waals surface area (Å²) < 4.78 is 29.0. The van der Waals surface area contributed by atoms with E-state index in [4.69, 9.17) is 11.6 Å². The van der Waals surface area contributed by atoms with Gasteiger partial charge < -0.3 is 10.2 Å². The SMILES string of the molecule is CN(C)S(=O)(=O)N(CC(=O)N(Cc1ccc(Cl)cc1)[C@H](Cc1ccccc1)C(=O)NC1CCCCC1)c1ccccc1. The van der Waals surface area contributed by atoms with Crippen molar-refractivity contribution in [1.82, 2.24) is 14.5 Å². The Morgan fingerprint density at radius 3 is 2.05 bits per heavy atom. The molecule has 1 aliphatic rings.